The average Bonchev–Trinajstić information content (AvgIpc) is 2.60. The van der Waals surface area contributed by atoms with Crippen LogP contribution in [-0.2, 0) is 4.79 Å². The van der Waals surface area contributed by atoms with Crippen molar-refractivity contribution in [2.45, 2.75) is 0 Å². The van der Waals surface area contributed by atoms with Crippen LogP contribution >= 0.6 is 0 Å². The zero-order valence-electron chi connectivity index (χ0n) is 12.8. The van der Waals surface area contributed by atoms with Crippen molar-refractivity contribution in [1.82, 2.24) is 10.9 Å². The van der Waals surface area contributed by atoms with Gasteiger partial charge in [0.25, 0.3) is 11.8 Å². The maximum atomic E-state index is 11.8. The Balaban J connectivity index is 1.79. The first kappa shape index (κ1) is 16.9. The number of hydrazine groups is 1. The van der Waals surface area contributed by atoms with Crippen LogP contribution in [0.5, 0.6) is 23.0 Å². The van der Waals surface area contributed by atoms with E-state index >= 15 is 0 Å². The highest BCUT2D eigenvalue weighted by Gasteiger charge is 2.10. The lowest BCUT2D eigenvalue weighted by atomic mass is 10.2. The molecule has 0 atom stereocenters. The summed E-state index contributed by atoms with van der Waals surface area (Å²) in [5, 5.41) is 18.5. The minimum absolute atomic E-state index is 0.0710. The van der Waals surface area contributed by atoms with Crippen LogP contribution in [0, 0.1) is 0 Å². The number of nitrogens with one attached hydrogen (secondary N) is 2. The molecule has 8 heteroatoms. The molecular formula is C16H16N2O6. The van der Waals surface area contributed by atoms with Crippen LogP contribution in [-0.4, -0.2) is 35.7 Å². The molecule has 0 fully saturated rings. The smallest absolute Gasteiger partial charge is 0.276 e. The highest BCUT2D eigenvalue weighted by molar-refractivity contribution is 5.96. The van der Waals surface area contributed by atoms with Gasteiger partial charge < -0.3 is 19.7 Å². The molecule has 2 aromatic carbocycles. The van der Waals surface area contributed by atoms with E-state index < -0.39 is 17.6 Å². The lowest BCUT2D eigenvalue weighted by molar-refractivity contribution is -0.123. The molecule has 0 aromatic heterocycles. The molecule has 2 rings (SSSR count). The SMILES string of the molecule is COc1ccc(OCC(=O)NNC(=O)c2ccc(O)c(O)c2)cc1. The molecule has 0 saturated heterocycles. The van der Waals surface area contributed by atoms with E-state index in [1.807, 2.05) is 0 Å². The summed E-state index contributed by atoms with van der Waals surface area (Å²) >= 11 is 0. The number of ether oxygens (including phenoxy) is 2. The van der Waals surface area contributed by atoms with Gasteiger partial charge in [0, 0.05) is 5.56 Å². The fraction of sp³-hybridized carbons (Fsp3) is 0.125. The Bertz CT molecular complexity index is 730. The second-order valence-electron chi connectivity index (χ2n) is 4.67. The number of carbonyl (C=O) groups is 2. The first-order valence-electron chi connectivity index (χ1n) is 6.87. The molecule has 0 unspecified atom stereocenters. The van der Waals surface area contributed by atoms with Gasteiger partial charge in [-0.25, -0.2) is 0 Å². The molecule has 4 N–H and O–H groups in total. The summed E-state index contributed by atoms with van der Waals surface area (Å²) in [5.74, 6) is -0.859. The largest absolute Gasteiger partial charge is 0.504 e. The topological polar surface area (TPSA) is 117 Å². The number of phenolic OH excluding ortho intramolecular Hbond substituents is 2. The minimum atomic E-state index is -0.650. The van der Waals surface area contributed by atoms with Crippen molar-refractivity contribution >= 4 is 11.8 Å². The predicted octanol–water partition coefficient (Wildman–Crippen LogP) is 0.946. The Morgan fingerprint density at radius 3 is 2.25 bits per heavy atom. The molecule has 0 saturated carbocycles. The van der Waals surface area contributed by atoms with E-state index in [9.17, 15) is 19.8 Å². The Morgan fingerprint density at radius 1 is 0.958 bits per heavy atom. The zero-order chi connectivity index (χ0) is 17.5. The van der Waals surface area contributed by atoms with Crippen molar-refractivity contribution < 1.29 is 29.3 Å². The molecular weight excluding hydrogens is 316 g/mol. The van der Waals surface area contributed by atoms with Gasteiger partial charge in [-0.2, -0.15) is 0 Å². The summed E-state index contributed by atoms with van der Waals surface area (Å²) in [6.45, 7) is -0.298. The van der Waals surface area contributed by atoms with Gasteiger partial charge in [-0.05, 0) is 42.5 Å². The summed E-state index contributed by atoms with van der Waals surface area (Å²) in [6.07, 6.45) is 0. The average molecular weight is 332 g/mol. The Labute approximate surface area is 137 Å². The Morgan fingerprint density at radius 2 is 1.62 bits per heavy atom. The number of carbonyl (C=O) groups excluding carboxylic acids is 2. The third kappa shape index (κ3) is 4.54. The molecule has 0 aliphatic heterocycles. The molecule has 0 aliphatic carbocycles. The van der Waals surface area contributed by atoms with Gasteiger partial charge in [0.15, 0.2) is 18.1 Å². The second-order valence-corrected chi connectivity index (χ2v) is 4.67. The Kier molecular flexibility index (Phi) is 5.45. The van der Waals surface area contributed by atoms with Gasteiger partial charge >= 0.3 is 0 Å². The first-order chi connectivity index (χ1) is 11.5. The van der Waals surface area contributed by atoms with Crippen LogP contribution in [0.1, 0.15) is 10.4 Å². The lowest BCUT2D eigenvalue weighted by Crippen LogP contribution is -2.43. The molecule has 126 valence electrons. The molecule has 8 nitrogen and oxygen atoms in total. The van der Waals surface area contributed by atoms with Crippen LogP contribution < -0.4 is 20.3 Å². The minimum Gasteiger partial charge on any atom is -0.504 e. The number of amides is 2. The van der Waals surface area contributed by atoms with E-state index in [0.717, 1.165) is 6.07 Å². The van der Waals surface area contributed by atoms with E-state index in [2.05, 4.69) is 10.9 Å². The lowest BCUT2D eigenvalue weighted by Gasteiger charge is -2.09. The number of rotatable bonds is 5. The number of hydrogen-bond donors (Lipinski definition) is 4. The summed E-state index contributed by atoms with van der Waals surface area (Å²) in [6, 6.07) is 10.2. The van der Waals surface area contributed by atoms with E-state index in [4.69, 9.17) is 9.47 Å². The molecule has 0 heterocycles. The Hall–Kier alpha value is -3.42. The van der Waals surface area contributed by atoms with Gasteiger partial charge in [-0.1, -0.05) is 0 Å². The maximum absolute atomic E-state index is 11.8. The highest BCUT2D eigenvalue weighted by atomic mass is 16.5. The number of phenols is 2. The van der Waals surface area contributed by atoms with Gasteiger partial charge in [0.1, 0.15) is 11.5 Å². The number of benzene rings is 2. The van der Waals surface area contributed by atoms with E-state index in [-0.39, 0.29) is 17.9 Å². The number of hydrogen-bond acceptors (Lipinski definition) is 6. The molecule has 0 radical (unpaired) electrons. The van der Waals surface area contributed by atoms with Crippen molar-refractivity contribution in [3.8, 4) is 23.0 Å². The molecule has 24 heavy (non-hydrogen) atoms. The second kappa shape index (κ2) is 7.73. The van der Waals surface area contributed by atoms with E-state index in [0.29, 0.717) is 11.5 Å². The zero-order valence-corrected chi connectivity index (χ0v) is 12.8. The van der Waals surface area contributed by atoms with Crippen LogP contribution in [0.2, 0.25) is 0 Å². The molecule has 2 amide bonds. The van der Waals surface area contributed by atoms with E-state index in [1.54, 1.807) is 31.4 Å². The quantitative estimate of drug-likeness (QED) is 0.478. The first-order valence-corrected chi connectivity index (χ1v) is 6.87. The molecule has 0 bridgehead atoms. The summed E-state index contributed by atoms with van der Waals surface area (Å²) in [7, 11) is 1.54. The summed E-state index contributed by atoms with van der Waals surface area (Å²) in [4.78, 5) is 23.4. The van der Waals surface area contributed by atoms with Crippen molar-refractivity contribution in [3.63, 3.8) is 0 Å². The molecule has 2 aromatic rings. The fourth-order valence-electron chi connectivity index (χ4n) is 1.72. The van der Waals surface area contributed by atoms with Crippen LogP contribution in [0.3, 0.4) is 0 Å². The molecule has 0 spiro atoms. The van der Waals surface area contributed by atoms with Gasteiger partial charge in [-0.3, -0.25) is 20.4 Å². The number of methoxy groups -OCH3 is 1. The van der Waals surface area contributed by atoms with Crippen LogP contribution in [0.4, 0.5) is 0 Å². The fourth-order valence-corrected chi connectivity index (χ4v) is 1.72. The maximum Gasteiger partial charge on any atom is 0.276 e. The van der Waals surface area contributed by atoms with Crippen molar-refractivity contribution in [2.24, 2.45) is 0 Å². The van der Waals surface area contributed by atoms with Gasteiger partial charge in [0.2, 0.25) is 0 Å². The third-order valence-corrected chi connectivity index (χ3v) is 2.98. The standard InChI is InChI=1S/C16H16N2O6/c1-23-11-3-5-12(6-4-11)24-9-15(21)17-18-16(22)10-2-7-13(19)14(20)8-10/h2-8,19-20H,9H2,1H3,(H,17,21)(H,18,22). The molecule has 0 aliphatic rings. The monoisotopic (exact) mass is 332 g/mol. The van der Waals surface area contributed by atoms with Gasteiger partial charge in [0.05, 0.1) is 7.11 Å². The van der Waals surface area contributed by atoms with Gasteiger partial charge in [-0.15, -0.1) is 0 Å². The van der Waals surface area contributed by atoms with Crippen molar-refractivity contribution in [2.75, 3.05) is 13.7 Å². The summed E-state index contributed by atoms with van der Waals surface area (Å²) in [5.41, 5.74) is 4.42. The number of aromatic hydroxyl groups is 2. The van der Waals surface area contributed by atoms with Crippen molar-refractivity contribution in [3.05, 3.63) is 48.0 Å². The van der Waals surface area contributed by atoms with Crippen molar-refractivity contribution in [1.29, 1.82) is 0 Å². The third-order valence-electron chi connectivity index (χ3n) is 2.98. The summed E-state index contributed by atoms with van der Waals surface area (Å²) < 4.78 is 10.2. The normalized spacial score (nSPS) is 9.88. The highest BCUT2D eigenvalue weighted by Crippen LogP contribution is 2.24. The van der Waals surface area contributed by atoms with Crippen LogP contribution in [0.25, 0.3) is 0 Å². The predicted molar refractivity (Wildman–Crippen MR) is 83.9 cm³/mol. The van der Waals surface area contributed by atoms with Crippen LogP contribution in [0.15, 0.2) is 42.5 Å². The van der Waals surface area contributed by atoms with E-state index in [1.165, 1.54) is 12.1 Å².